The van der Waals surface area contributed by atoms with E-state index in [4.69, 9.17) is 11.5 Å². The highest BCUT2D eigenvalue weighted by Gasteiger charge is 2.10. The van der Waals surface area contributed by atoms with Crippen LogP contribution in [-0.4, -0.2) is 38.2 Å². The molecule has 0 atom stereocenters. The molecule has 0 fully saturated rings. The van der Waals surface area contributed by atoms with Crippen molar-refractivity contribution in [2.75, 3.05) is 29.9 Å². The zero-order chi connectivity index (χ0) is 14.5. The van der Waals surface area contributed by atoms with Gasteiger partial charge in [0.2, 0.25) is 10.0 Å². The zero-order valence-electron chi connectivity index (χ0n) is 10.5. The minimum atomic E-state index is -3.31. The molecule has 9 heteroatoms. The summed E-state index contributed by atoms with van der Waals surface area (Å²) in [6, 6.07) is 2.88. The molecule has 19 heavy (non-hydrogen) atoms. The summed E-state index contributed by atoms with van der Waals surface area (Å²) in [4.78, 5) is 14.9. The van der Waals surface area contributed by atoms with E-state index in [9.17, 15) is 13.2 Å². The number of rotatable bonds is 7. The molecule has 0 aliphatic rings. The maximum Gasteiger partial charge on any atom is 0.267 e. The van der Waals surface area contributed by atoms with Crippen LogP contribution in [0.4, 0.5) is 11.5 Å². The van der Waals surface area contributed by atoms with Crippen molar-refractivity contribution in [3.63, 3.8) is 0 Å². The Morgan fingerprint density at radius 2 is 2.11 bits per heavy atom. The van der Waals surface area contributed by atoms with Crippen LogP contribution in [0.5, 0.6) is 0 Å². The van der Waals surface area contributed by atoms with Crippen molar-refractivity contribution in [1.82, 2.24) is 9.71 Å². The maximum atomic E-state index is 11.4. The lowest BCUT2D eigenvalue weighted by atomic mass is 10.3. The van der Waals surface area contributed by atoms with Gasteiger partial charge in [-0.05, 0) is 12.1 Å². The molecule has 1 aromatic heterocycles. The number of primary amides is 1. The summed E-state index contributed by atoms with van der Waals surface area (Å²) in [7, 11) is -3.31. The number of anilines is 2. The number of pyridine rings is 1. The third-order valence-electron chi connectivity index (χ3n) is 2.21. The third kappa shape index (κ3) is 4.72. The van der Waals surface area contributed by atoms with E-state index in [1.54, 1.807) is 6.92 Å². The van der Waals surface area contributed by atoms with Crippen molar-refractivity contribution in [2.45, 2.75) is 6.92 Å². The Labute approximate surface area is 111 Å². The normalized spacial score (nSPS) is 11.2. The number of aromatic nitrogens is 1. The minimum absolute atomic E-state index is 0.0613. The fraction of sp³-hybridized carbons (Fsp3) is 0.400. The van der Waals surface area contributed by atoms with Crippen molar-refractivity contribution >= 4 is 27.4 Å². The van der Waals surface area contributed by atoms with Gasteiger partial charge in [0.25, 0.3) is 5.91 Å². The number of nitrogens with two attached hydrogens (primary N) is 2. The van der Waals surface area contributed by atoms with E-state index in [1.807, 2.05) is 0 Å². The van der Waals surface area contributed by atoms with Gasteiger partial charge >= 0.3 is 0 Å². The molecule has 1 amide bonds. The number of hydrogen-bond acceptors (Lipinski definition) is 6. The molecule has 0 aliphatic heterocycles. The van der Waals surface area contributed by atoms with E-state index in [2.05, 4.69) is 15.0 Å². The summed E-state index contributed by atoms with van der Waals surface area (Å²) in [6.45, 7) is 2.15. The van der Waals surface area contributed by atoms with Crippen LogP contribution in [0.3, 0.4) is 0 Å². The van der Waals surface area contributed by atoms with Crippen LogP contribution in [-0.2, 0) is 10.0 Å². The number of nitrogens with one attached hydrogen (secondary N) is 2. The average Bonchev–Trinajstić information content (AvgIpc) is 2.30. The lowest BCUT2D eigenvalue weighted by molar-refractivity contribution is 0.0995. The number of nitrogen functional groups attached to an aromatic ring is 1. The summed E-state index contributed by atoms with van der Waals surface area (Å²) >= 11 is 0. The van der Waals surface area contributed by atoms with Crippen molar-refractivity contribution in [3.8, 4) is 0 Å². The Balaban J connectivity index is 2.68. The minimum Gasteiger partial charge on any atom is -0.396 e. The first-order valence-corrected chi connectivity index (χ1v) is 7.28. The first kappa shape index (κ1) is 15.2. The summed E-state index contributed by atoms with van der Waals surface area (Å²) in [5.41, 5.74) is 11.1. The van der Waals surface area contributed by atoms with Crippen LogP contribution < -0.4 is 21.5 Å². The lowest BCUT2D eigenvalue weighted by Gasteiger charge is -2.09. The molecular formula is C10H17N5O3S. The first-order chi connectivity index (χ1) is 8.85. The van der Waals surface area contributed by atoms with Gasteiger partial charge in [0, 0.05) is 13.1 Å². The second kappa shape index (κ2) is 6.34. The van der Waals surface area contributed by atoms with E-state index in [-0.39, 0.29) is 23.8 Å². The van der Waals surface area contributed by atoms with E-state index in [1.165, 1.54) is 12.1 Å². The molecule has 0 radical (unpaired) electrons. The van der Waals surface area contributed by atoms with Crippen molar-refractivity contribution < 1.29 is 13.2 Å². The molecule has 0 unspecified atom stereocenters. The fourth-order valence-electron chi connectivity index (χ4n) is 1.34. The number of sulfonamides is 1. The Hall–Kier alpha value is -1.87. The van der Waals surface area contributed by atoms with Gasteiger partial charge in [-0.25, -0.2) is 18.1 Å². The molecule has 1 heterocycles. The van der Waals surface area contributed by atoms with Gasteiger partial charge in [-0.15, -0.1) is 0 Å². The zero-order valence-corrected chi connectivity index (χ0v) is 11.3. The van der Waals surface area contributed by atoms with Crippen LogP contribution in [0.2, 0.25) is 0 Å². The van der Waals surface area contributed by atoms with E-state index >= 15 is 0 Å². The van der Waals surface area contributed by atoms with Gasteiger partial charge in [-0.2, -0.15) is 0 Å². The number of nitrogens with zero attached hydrogens (tertiary/aromatic N) is 1. The van der Waals surface area contributed by atoms with Gasteiger partial charge in [0.05, 0.1) is 11.4 Å². The molecule has 6 N–H and O–H groups in total. The van der Waals surface area contributed by atoms with Crippen molar-refractivity contribution in [2.24, 2.45) is 5.73 Å². The van der Waals surface area contributed by atoms with E-state index < -0.39 is 15.9 Å². The molecule has 106 valence electrons. The van der Waals surface area contributed by atoms with Crippen LogP contribution in [0, 0.1) is 0 Å². The molecule has 0 saturated heterocycles. The Bertz CT molecular complexity index is 558. The molecule has 0 aliphatic carbocycles. The van der Waals surface area contributed by atoms with Gasteiger partial charge in [-0.1, -0.05) is 6.92 Å². The summed E-state index contributed by atoms with van der Waals surface area (Å²) in [5, 5.41) is 2.76. The number of amides is 1. The maximum absolute atomic E-state index is 11.4. The fourth-order valence-corrected chi connectivity index (χ4v) is 2.30. The van der Waals surface area contributed by atoms with Crippen LogP contribution in [0.15, 0.2) is 12.1 Å². The SMILES string of the molecule is CCNS(=O)(=O)CCNc1nc(C(N)=O)ccc1N. The van der Waals surface area contributed by atoms with Gasteiger partial charge in [0.1, 0.15) is 11.5 Å². The number of carbonyl (C=O) groups is 1. The topological polar surface area (TPSA) is 140 Å². The average molecular weight is 287 g/mol. The van der Waals surface area contributed by atoms with Crippen molar-refractivity contribution in [1.29, 1.82) is 0 Å². The predicted molar refractivity (Wildman–Crippen MR) is 73.1 cm³/mol. The summed E-state index contributed by atoms with van der Waals surface area (Å²) in [6.07, 6.45) is 0. The second-order valence-electron chi connectivity index (χ2n) is 3.74. The lowest BCUT2D eigenvalue weighted by Crippen LogP contribution is -2.29. The van der Waals surface area contributed by atoms with Gasteiger partial charge in [0.15, 0.2) is 0 Å². The highest BCUT2D eigenvalue weighted by molar-refractivity contribution is 7.89. The third-order valence-corrected chi connectivity index (χ3v) is 3.68. The summed E-state index contributed by atoms with van der Waals surface area (Å²) in [5.74, 6) is -0.561. The molecule has 1 rings (SSSR count). The smallest absolute Gasteiger partial charge is 0.267 e. The quantitative estimate of drug-likeness (QED) is 0.513. The van der Waals surface area contributed by atoms with E-state index in [0.717, 1.165) is 0 Å². The monoisotopic (exact) mass is 287 g/mol. The van der Waals surface area contributed by atoms with E-state index in [0.29, 0.717) is 12.2 Å². The van der Waals surface area contributed by atoms with Crippen LogP contribution >= 0.6 is 0 Å². The van der Waals surface area contributed by atoms with Gasteiger partial charge < -0.3 is 16.8 Å². The molecule has 0 aromatic carbocycles. The summed E-state index contributed by atoms with van der Waals surface area (Å²) < 4.78 is 25.2. The van der Waals surface area contributed by atoms with Gasteiger partial charge in [-0.3, -0.25) is 4.79 Å². The Morgan fingerprint density at radius 3 is 2.68 bits per heavy atom. The molecule has 0 spiro atoms. The largest absolute Gasteiger partial charge is 0.396 e. The number of hydrogen-bond donors (Lipinski definition) is 4. The van der Waals surface area contributed by atoms with Crippen LogP contribution in [0.25, 0.3) is 0 Å². The highest BCUT2D eigenvalue weighted by Crippen LogP contribution is 2.15. The molecule has 0 saturated carbocycles. The second-order valence-corrected chi connectivity index (χ2v) is 5.67. The van der Waals surface area contributed by atoms with Crippen LogP contribution in [0.1, 0.15) is 17.4 Å². The molecule has 1 aromatic rings. The molecule has 8 nitrogen and oxygen atoms in total. The Kier molecular flexibility index (Phi) is 5.07. The predicted octanol–water partition coefficient (Wildman–Crippen LogP) is -0.886. The number of carbonyl (C=O) groups excluding carboxylic acids is 1. The highest BCUT2D eigenvalue weighted by atomic mass is 32.2. The standard InChI is InChI=1S/C10H17N5O3S/c1-2-14-19(17,18)6-5-13-10-7(11)3-4-8(15-10)9(12)16/h3-4,14H,2,5-6,11H2,1H3,(H2,12,16)(H,13,15). The molecule has 0 bridgehead atoms. The molecular weight excluding hydrogens is 270 g/mol. The Morgan fingerprint density at radius 1 is 1.42 bits per heavy atom. The first-order valence-electron chi connectivity index (χ1n) is 5.63. The van der Waals surface area contributed by atoms with Crippen molar-refractivity contribution in [3.05, 3.63) is 17.8 Å².